The molecule has 132 valence electrons. The molecular formula is C18H19ClN2O3S. The molecule has 0 radical (unpaired) electrons. The van der Waals surface area contributed by atoms with Crippen LogP contribution >= 0.6 is 22.9 Å². The summed E-state index contributed by atoms with van der Waals surface area (Å²) in [6.45, 7) is 4.27. The van der Waals surface area contributed by atoms with E-state index in [9.17, 15) is 4.79 Å². The number of fused-ring (bicyclic) bond motifs is 1. The summed E-state index contributed by atoms with van der Waals surface area (Å²) in [5, 5.41) is 0. The lowest BCUT2D eigenvalue weighted by Gasteiger charge is -2.37. The van der Waals surface area contributed by atoms with Crippen LogP contribution in [0, 0.1) is 0 Å². The molecule has 0 aliphatic carbocycles. The van der Waals surface area contributed by atoms with Gasteiger partial charge in [-0.15, -0.1) is 11.3 Å². The molecule has 1 atom stereocenters. The highest BCUT2D eigenvalue weighted by atomic mass is 35.5. The van der Waals surface area contributed by atoms with Gasteiger partial charge in [-0.05, 0) is 24.3 Å². The molecule has 0 saturated carbocycles. The van der Waals surface area contributed by atoms with Crippen LogP contribution in [0.25, 0.3) is 0 Å². The standard InChI is InChI=1S/C18H19ClN2O3S/c19-17-6-5-13(25-17)11-20-7-9-21(10-8-20)18(22)16-12-23-14-3-1-2-4-15(14)24-16/h1-6,16H,7-12H2/t16-/m0/s1. The van der Waals surface area contributed by atoms with Crippen molar-refractivity contribution in [3.05, 3.63) is 45.6 Å². The molecule has 7 heteroatoms. The first kappa shape index (κ1) is 16.7. The number of piperazine rings is 1. The van der Waals surface area contributed by atoms with Crippen LogP contribution in [0.2, 0.25) is 4.34 Å². The number of halogens is 1. The highest BCUT2D eigenvalue weighted by molar-refractivity contribution is 7.16. The van der Waals surface area contributed by atoms with Gasteiger partial charge < -0.3 is 14.4 Å². The van der Waals surface area contributed by atoms with Crippen molar-refractivity contribution in [2.75, 3.05) is 32.8 Å². The van der Waals surface area contributed by atoms with Crippen LogP contribution in [0.1, 0.15) is 4.88 Å². The number of hydrogen-bond acceptors (Lipinski definition) is 5. The van der Waals surface area contributed by atoms with E-state index in [-0.39, 0.29) is 12.5 Å². The SMILES string of the molecule is O=C([C@@H]1COc2ccccc2O1)N1CCN(Cc2ccc(Cl)s2)CC1. The second-order valence-electron chi connectivity index (χ2n) is 6.17. The van der Waals surface area contributed by atoms with E-state index in [1.54, 1.807) is 11.3 Å². The van der Waals surface area contributed by atoms with Crippen LogP contribution in [-0.4, -0.2) is 54.6 Å². The van der Waals surface area contributed by atoms with Crippen molar-refractivity contribution >= 4 is 28.8 Å². The Morgan fingerprint density at radius 3 is 2.60 bits per heavy atom. The number of thiophene rings is 1. The van der Waals surface area contributed by atoms with Gasteiger partial charge >= 0.3 is 0 Å². The van der Waals surface area contributed by atoms with Gasteiger partial charge in [0.15, 0.2) is 11.5 Å². The maximum Gasteiger partial charge on any atom is 0.267 e. The molecule has 1 fully saturated rings. The zero-order valence-electron chi connectivity index (χ0n) is 13.7. The van der Waals surface area contributed by atoms with Crippen molar-refractivity contribution in [3.63, 3.8) is 0 Å². The second-order valence-corrected chi connectivity index (χ2v) is 7.97. The molecule has 1 saturated heterocycles. The molecule has 0 bridgehead atoms. The van der Waals surface area contributed by atoms with Gasteiger partial charge in [-0.25, -0.2) is 0 Å². The van der Waals surface area contributed by atoms with E-state index in [2.05, 4.69) is 11.0 Å². The lowest BCUT2D eigenvalue weighted by atomic mass is 10.2. The number of carbonyl (C=O) groups is 1. The first-order valence-electron chi connectivity index (χ1n) is 8.33. The predicted octanol–water partition coefficient (Wildman–Crippen LogP) is 2.89. The number of carbonyl (C=O) groups excluding carboxylic acids is 1. The van der Waals surface area contributed by atoms with Gasteiger partial charge in [0.2, 0.25) is 6.10 Å². The summed E-state index contributed by atoms with van der Waals surface area (Å²) in [4.78, 5) is 18.2. The minimum absolute atomic E-state index is 0.00770. The Morgan fingerprint density at radius 2 is 1.88 bits per heavy atom. The van der Waals surface area contributed by atoms with E-state index >= 15 is 0 Å². The summed E-state index contributed by atoms with van der Waals surface area (Å²) in [5.41, 5.74) is 0. The molecule has 2 aliphatic heterocycles. The average Bonchev–Trinajstić information content (AvgIpc) is 3.06. The van der Waals surface area contributed by atoms with Crippen molar-refractivity contribution in [2.24, 2.45) is 0 Å². The number of nitrogens with zero attached hydrogens (tertiary/aromatic N) is 2. The Kier molecular flexibility index (Phi) is 4.83. The third kappa shape index (κ3) is 3.76. The first-order chi connectivity index (χ1) is 12.2. The summed E-state index contributed by atoms with van der Waals surface area (Å²) in [5.74, 6) is 1.35. The average molecular weight is 379 g/mol. The van der Waals surface area contributed by atoms with E-state index in [1.807, 2.05) is 35.2 Å². The fourth-order valence-electron chi connectivity index (χ4n) is 3.13. The summed E-state index contributed by atoms with van der Waals surface area (Å²) < 4.78 is 12.3. The Balaban J connectivity index is 1.31. The third-order valence-electron chi connectivity index (χ3n) is 4.48. The predicted molar refractivity (Wildman–Crippen MR) is 97.5 cm³/mol. The quantitative estimate of drug-likeness (QED) is 0.823. The van der Waals surface area contributed by atoms with Gasteiger partial charge in [0, 0.05) is 37.6 Å². The molecular weight excluding hydrogens is 360 g/mol. The molecule has 2 aromatic rings. The lowest BCUT2D eigenvalue weighted by Crippen LogP contribution is -2.53. The number of hydrogen-bond donors (Lipinski definition) is 0. The van der Waals surface area contributed by atoms with E-state index in [0.717, 1.165) is 24.0 Å². The fourth-order valence-corrected chi connectivity index (χ4v) is 4.26. The smallest absolute Gasteiger partial charge is 0.267 e. The lowest BCUT2D eigenvalue weighted by molar-refractivity contribution is -0.143. The van der Waals surface area contributed by atoms with Gasteiger partial charge in [-0.2, -0.15) is 0 Å². The van der Waals surface area contributed by atoms with Crippen LogP contribution in [0.15, 0.2) is 36.4 Å². The van der Waals surface area contributed by atoms with Crippen molar-refractivity contribution in [1.29, 1.82) is 0 Å². The molecule has 0 unspecified atom stereocenters. The topological polar surface area (TPSA) is 42.0 Å². The van der Waals surface area contributed by atoms with Crippen molar-refractivity contribution in [2.45, 2.75) is 12.6 Å². The Morgan fingerprint density at radius 1 is 1.12 bits per heavy atom. The van der Waals surface area contributed by atoms with Gasteiger partial charge in [-0.3, -0.25) is 9.69 Å². The van der Waals surface area contributed by atoms with Crippen molar-refractivity contribution in [1.82, 2.24) is 9.80 Å². The molecule has 5 nitrogen and oxygen atoms in total. The number of amides is 1. The molecule has 1 aromatic heterocycles. The Labute approximate surface area is 155 Å². The van der Waals surface area contributed by atoms with Gasteiger partial charge in [0.1, 0.15) is 6.61 Å². The molecule has 4 rings (SSSR count). The maximum atomic E-state index is 12.7. The molecule has 2 aliphatic rings. The number of rotatable bonds is 3. The Bertz CT molecular complexity index is 758. The molecule has 25 heavy (non-hydrogen) atoms. The maximum absolute atomic E-state index is 12.7. The van der Waals surface area contributed by atoms with E-state index in [0.29, 0.717) is 24.6 Å². The van der Waals surface area contributed by atoms with Crippen LogP contribution < -0.4 is 9.47 Å². The normalized spacial score (nSPS) is 20.5. The fraction of sp³-hybridized carbons (Fsp3) is 0.389. The van der Waals surface area contributed by atoms with E-state index in [1.165, 1.54) is 4.88 Å². The van der Waals surface area contributed by atoms with E-state index in [4.69, 9.17) is 21.1 Å². The highest BCUT2D eigenvalue weighted by Gasteiger charge is 2.32. The molecule has 1 amide bonds. The largest absolute Gasteiger partial charge is 0.485 e. The summed E-state index contributed by atoms with van der Waals surface area (Å²) >= 11 is 7.60. The zero-order chi connectivity index (χ0) is 17.2. The van der Waals surface area contributed by atoms with Crippen LogP contribution in [0.3, 0.4) is 0 Å². The van der Waals surface area contributed by atoms with E-state index < -0.39 is 6.10 Å². The molecule has 0 N–H and O–H groups in total. The molecule has 3 heterocycles. The number of ether oxygens (including phenoxy) is 2. The Hall–Kier alpha value is -1.76. The van der Waals surface area contributed by atoms with Crippen LogP contribution in [-0.2, 0) is 11.3 Å². The van der Waals surface area contributed by atoms with Crippen LogP contribution in [0.4, 0.5) is 0 Å². The molecule has 0 spiro atoms. The zero-order valence-corrected chi connectivity index (χ0v) is 15.3. The number of benzene rings is 1. The van der Waals surface area contributed by atoms with Crippen LogP contribution in [0.5, 0.6) is 11.5 Å². The highest BCUT2D eigenvalue weighted by Crippen LogP contribution is 2.31. The molecule has 1 aromatic carbocycles. The first-order valence-corrected chi connectivity index (χ1v) is 9.52. The van der Waals surface area contributed by atoms with Gasteiger partial charge in [0.05, 0.1) is 4.34 Å². The minimum Gasteiger partial charge on any atom is -0.485 e. The van der Waals surface area contributed by atoms with Crippen molar-refractivity contribution < 1.29 is 14.3 Å². The third-order valence-corrected chi connectivity index (χ3v) is 5.69. The monoisotopic (exact) mass is 378 g/mol. The van der Waals surface area contributed by atoms with Gasteiger partial charge in [0.25, 0.3) is 5.91 Å². The summed E-state index contributed by atoms with van der Waals surface area (Å²) in [6.07, 6.45) is -0.558. The number of para-hydroxylation sites is 2. The van der Waals surface area contributed by atoms with Gasteiger partial charge in [-0.1, -0.05) is 23.7 Å². The van der Waals surface area contributed by atoms with Crippen molar-refractivity contribution in [3.8, 4) is 11.5 Å². The second kappa shape index (κ2) is 7.23. The summed E-state index contributed by atoms with van der Waals surface area (Å²) in [6, 6.07) is 11.5. The summed E-state index contributed by atoms with van der Waals surface area (Å²) in [7, 11) is 0. The minimum atomic E-state index is -0.558.